The van der Waals surface area contributed by atoms with Crippen molar-refractivity contribution in [3.63, 3.8) is 0 Å². The van der Waals surface area contributed by atoms with Gasteiger partial charge < -0.3 is 9.47 Å². The molecule has 0 unspecified atom stereocenters. The van der Waals surface area contributed by atoms with Crippen molar-refractivity contribution >= 4 is 27.5 Å². The molecule has 0 bridgehead atoms. The van der Waals surface area contributed by atoms with Crippen LogP contribution in [-0.2, 0) is 11.3 Å². The second-order valence-electron chi connectivity index (χ2n) is 6.57. The molecule has 1 amide bonds. The average Bonchev–Trinajstić information content (AvgIpc) is 2.73. The van der Waals surface area contributed by atoms with Gasteiger partial charge in [-0.3, -0.25) is 9.69 Å². The predicted molar refractivity (Wildman–Crippen MR) is 113 cm³/mol. The van der Waals surface area contributed by atoms with E-state index in [-0.39, 0.29) is 5.91 Å². The molecule has 6 nitrogen and oxygen atoms in total. The Hall–Kier alpha value is -2.22. The van der Waals surface area contributed by atoms with Crippen molar-refractivity contribution < 1.29 is 14.3 Å². The van der Waals surface area contributed by atoms with Gasteiger partial charge in [0.25, 0.3) is 5.91 Å². The summed E-state index contributed by atoms with van der Waals surface area (Å²) in [7, 11) is 1.62. The van der Waals surface area contributed by atoms with Crippen molar-refractivity contribution in [3.05, 3.63) is 63.6 Å². The molecule has 1 aliphatic heterocycles. The minimum absolute atomic E-state index is 0.232. The van der Waals surface area contributed by atoms with E-state index in [4.69, 9.17) is 9.47 Å². The fraction of sp³-hybridized carbons (Fsp3) is 0.333. The summed E-state index contributed by atoms with van der Waals surface area (Å²) in [5.41, 5.74) is 5.99. The molecular weight excluding hydrogens is 422 g/mol. The minimum Gasteiger partial charge on any atom is -0.496 e. The van der Waals surface area contributed by atoms with Gasteiger partial charge in [0.15, 0.2) is 0 Å². The highest BCUT2D eigenvalue weighted by atomic mass is 79.9. The molecular formula is C21H24BrN3O3. The monoisotopic (exact) mass is 445 g/mol. The predicted octanol–water partition coefficient (Wildman–Crippen LogP) is 3.44. The number of ether oxygens (including phenoxy) is 2. The molecule has 1 heterocycles. The Kier molecular flexibility index (Phi) is 7.19. The first-order valence-corrected chi connectivity index (χ1v) is 9.93. The lowest BCUT2D eigenvalue weighted by Gasteiger charge is -2.26. The zero-order valence-corrected chi connectivity index (χ0v) is 17.7. The number of benzene rings is 2. The summed E-state index contributed by atoms with van der Waals surface area (Å²) in [5.74, 6) is 0.516. The molecule has 0 atom stereocenters. The van der Waals surface area contributed by atoms with Gasteiger partial charge in [-0.15, -0.1) is 0 Å². The van der Waals surface area contributed by atoms with E-state index in [1.807, 2.05) is 49.4 Å². The Balaban J connectivity index is 1.59. The van der Waals surface area contributed by atoms with Gasteiger partial charge in [-0.25, -0.2) is 5.43 Å². The van der Waals surface area contributed by atoms with E-state index < -0.39 is 0 Å². The van der Waals surface area contributed by atoms with Gasteiger partial charge in [0.05, 0.1) is 30.5 Å². The fourth-order valence-corrected chi connectivity index (χ4v) is 3.47. The lowest BCUT2D eigenvalue weighted by Crippen LogP contribution is -2.35. The third-order valence-corrected chi connectivity index (χ3v) is 5.24. The van der Waals surface area contributed by atoms with Crippen LogP contribution in [-0.4, -0.2) is 49.9 Å². The number of methoxy groups -OCH3 is 1. The van der Waals surface area contributed by atoms with Gasteiger partial charge >= 0.3 is 0 Å². The molecule has 1 N–H and O–H groups in total. The van der Waals surface area contributed by atoms with E-state index in [0.717, 1.165) is 48.6 Å². The van der Waals surface area contributed by atoms with Gasteiger partial charge in [-0.1, -0.05) is 12.1 Å². The number of morpholine rings is 1. The Morgan fingerprint density at radius 1 is 1.18 bits per heavy atom. The summed E-state index contributed by atoms with van der Waals surface area (Å²) in [4.78, 5) is 14.7. The van der Waals surface area contributed by atoms with Crippen molar-refractivity contribution in [2.24, 2.45) is 5.10 Å². The highest BCUT2D eigenvalue weighted by molar-refractivity contribution is 9.10. The molecule has 0 aliphatic carbocycles. The number of carbonyl (C=O) groups is 1. The van der Waals surface area contributed by atoms with Crippen LogP contribution in [0.25, 0.3) is 0 Å². The molecule has 7 heteroatoms. The number of carbonyl (C=O) groups excluding carboxylic acids is 1. The van der Waals surface area contributed by atoms with E-state index in [0.29, 0.717) is 11.3 Å². The van der Waals surface area contributed by atoms with Crippen LogP contribution in [0.1, 0.15) is 28.4 Å². The quantitative estimate of drug-likeness (QED) is 0.546. The smallest absolute Gasteiger partial charge is 0.271 e. The second kappa shape index (κ2) is 9.82. The molecule has 0 saturated carbocycles. The first-order valence-electron chi connectivity index (χ1n) is 9.14. The summed E-state index contributed by atoms with van der Waals surface area (Å²) >= 11 is 3.46. The van der Waals surface area contributed by atoms with Crippen LogP contribution in [0.2, 0.25) is 0 Å². The lowest BCUT2D eigenvalue weighted by molar-refractivity contribution is 0.0342. The summed E-state index contributed by atoms with van der Waals surface area (Å²) in [6.45, 7) is 6.16. The molecule has 0 aromatic heterocycles. The molecule has 28 heavy (non-hydrogen) atoms. The Morgan fingerprint density at radius 3 is 2.50 bits per heavy atom. The van der Waals surface area contributed by atoms with Crippen LogP contribution in [0.5, 0.6) is 5.75 Å². The molecule has 1 saturated heterocycles. The largest absolute Gasteiger partial charge is 0.496 e. The average molecular weight is 446 g/mol. The molecule has 2 aromatic carbocycles. The van der Waals surface area contributed by atoms with Crippen LogP contribution in [0, 0.1) is 0 Å². The van der Waals surface area contributed by atoms with Crippen molar-refractivity contribution in [2.45, 2.75) is 13.5 Å². The van der Waals surface area contributed by atoms with E-state index in [1.165, 1.54) is 5.56 Å². The highest BCUT2D eigenvalue weighted by Gasteiger charge is 2.11. The molecule has 1 fully saturated rings. The summed E-state index contributed by atoms with van der Waals surface area (Å²) in [5, 5.41) is 4.22. The third-order valence-electron chi connectivity index (χ3n) is 4.62. The zero-order valence-electron chi connectivity index (χ0n) is 16.1. The maximum atomic E-state index is 12.4. The number of hydrogen-bond donors (Lipinski definition) is 1. The van der Waals surface area contributed by atoms with Crippen molar-refractivity contribution in [1.82, 2.24) is 10.3 Å². The fourth-order valence-electron chi connectivity index (χ4n) is 2.93. The molecule has 1 aliphatic rings. The summed E-state index contributed by atoms with van der Waals surface area (Å²) in [6, 6.07) is 13.3. The van der Waals surface area contributed by atoms with E-state index in [2.05, 4.69) is 31.4 Å². The number of nitrogens with zero attached hydrogens (tertiary/aromatic N) is 2. The molecule has 148 valence electrons. The third kappa shape index (κ3) is 5.41. The number of hydrogen-bond acceptors (Lipinski definition) is 5. The lowest BCUT2D eigenvalue weighted by atomic mass is 10.1. The first kappa shape index (κ1) is 20.5. The topological polar surface area (TPSA) is 63.2 Å². The highest BCUT2D eigenvalue weighted by Crippen LogP contribution is 2.25. The SMILES string of the molecule is COc1ccc(/C(C)=N\NC(=O)c2ccc(CN3CCOCC3)cc2)cc1Br. The standard InChI is InChI=1S/C21H24BrN3O3/c1-15(18-7-8-20(27-2)19(22)13-18)23-24-21(26)17-5-3-16(4-6-17)14-25-9-11-28-12-10-25/h3-8,13H,9-12,14H2,1-2H3,(H,24,26)/b23-15-. The Bertz CT molecular complexity index is 846. The van der Waals surface area contributed by atoms with Gasteiger partial charge in [-0.2, -0.15) is 5.10 Å². The van der Waals surface area contributed by atoms with Crippen LogP contribution in [0.3, 0.4) is 0 Å². The number of nitrogens with one attached hydrogen (secondary N) is 1. The van der Waals surface area contributed by atoms with Crippen molar-refractivity contribution in [1.29, 1.82) is 0 Å². The minimum atomic E-state index is -0.232. The number of halogens is 1. The van der Waals surface area contributed by atoms with E-state index in [9.17, 15) is 4.79 Å². The maximum absolute atomic E-state index is 12.4. The summed E-state index contributed by atoms with van der Waals surface area (Å²) < 4.78 is 11.4. The van der Waals surface area contributed by atoms with Gasteiger partial charge in [-0.05, 0) is 64.3 Å². The molecule has 2 aromatic rings. The molecule has 3 rings (SSSR count). The molecule has 0 radical (unpaired) electrons. The van der Waals surface area contributed by atoms with E-state index in [1.54, 1.807) is 7.11 Å². The maximum Gasteiger partial charge on any atom is 0.271 e. The van der Waals surface area contributed by atoms with Gasteiger partial charge in [0, 0.05) is 25.2 Å². The van der Waals surface area contributed by atoms with Gasteiger partial charge in [0.1, 0.15) is 5.75 Å². The normalized spacial score (nSPS) is 15.3. The Labute approximate surface area is 173 Å². The summed E-state index contributed by atoms with van der Waals surface area (Å²) in [6.07, 6.45) is 0. The van der Waals surface area contributed by atoms with Crippen LogP contribution in [0.4, 0.5) is 0 Å². The van der Waals surface area contributed by atoms with E-state index >= 15 is 0 Å². The van der Waals surface area contributed by atoms with Crippen LogP contribution in [0.15, 0.2) is 52.0 Å². The van der Waals surface area contributed by atoms with Crippen molar-refractivity contribution in [2.75, 3.05) is 33.4 Å². The van der Waals surface area contributed by atoms with Gasteiger partial charge in [0.2, 0.25) is 0 Å². The molecule has 0 spiro atoms. The van der Waals surface area contributed by atoms with Crippen LogP contribution < -0.4 is 10.2 Å². The first-order chi connectivity index (χ1) is 13.6. The Morgan fingerprint density at radius 2 is 1.86 bits per heavy atom. The second-order valence-corrected chi connectivity index (χ2v) is 7.43. The number of amides is 1. The number of hydrazone groups is 1. The van der Waals surface area contributed by atoms with Crippen LogP contribution >= 0.6 is 15.9 Å². The number of rotatable bonds is 6. The zero-order chi connectivity index (χ0) is 19.9. The van der Waals surface area contributed by atoms with Crippen molar-refractivity contribution in [3.8, 4) is 5.75 Å².